The Morgan fingerprint density at radius 1 is 1.25 bits per heavy atom. The number of phenolic OH excluding ortho intramolecular Hbond substituents is 1. The number of phenols is 1. The second-order valence-corrected chi connectivity index (χ2v) is 8.92. The zero-order chi connectivity index (χ0) is 24.1. The van der Waals surface area contributed by atoms with Gasteiger partial charge in [0.15, 0.2) is 0 Å². The molecule has 1 aromatic rings. The van der Waals surface area contributed by atoms with Crippen molar-refractivity contribution >= 4 is 6.03 Å². The summed E-state index contributed by atoms with van der Waals surface area (Å²) in [5.41, 5.74) is 13.1. The predicted molar refractivity (Wildman–Crippen MR) is 129 cm³/mol. The maximum Gasteiger partial charge on any atom is 0.314 e. The van der Waals surface area contributed by atoms with Gasteiger partial charge < -0.3 is 42.5 Å². The van der Waals surface area contributed by atoms with Crippen LogP contribution in [0.25, 0.3) is 0 Å². The molecule has 0 aliphatic heterocycles. The third kappa shape index (κ3) is 9.76. The van der Waals surface area contributed by atoms with Crippen LogP contribution in [0.15, 0.2) is 36.2 Å². The smallest absolute Gasteiger partial charge is 0.314 e. The van der Waals surface area contributed by atoms with Crippen molar-refractivity contribution in [2.45, 2.75) is 32.7 Å². The van der Waals surface area contributed by atoms with Crippen molar-refractivity contribution in [2.75, 3.05) is 46.9 Å². The summed E-state index contributed by atoms with van der Waals surface area (Å²) in [7, 11) is 3.94. The van der Waals surface area contributed by atoms with Gasteiger partial charge in [0.25, 0.3) is 0 Å². The first-order chi connectivity index (χ1) is 15.1. The van der Waals surface area contributed by atoms with Crippen molar-refractivity contribution in [1.29, 1.82) is 0 Å². The first-order valence-corrected chi connectivity index (χ1v) is 11.1. The third-order valence-electron chi connectivity index (χ3n) is 6.03. The summed E-state index contributed by atoms with van der Waals surface area (Å²) in [6.07, 6.45) is 2.98. The fourth-order valence-electron chi connectivity index (χ4n) is 3.09. The Morgan fingerprint density at radius 2 is 1.91 bits per heavy atom. The third-order valence-corrected chi connectivity index (χ3v) is 6.03. The van der Waals surface area contributed by atoms with E-state index in [0.717, 1.165) is 12.0 Å². The molecule has 1 aromatic carbocycles. The molecule has 9 N–H and O–H groups in total. The quantitative estimate of drug-likeness (QED) is 0.219. The monoisotopic (exact) mass is 450 g/mol. The molecule has 0 bridgehead atoms. The number of urea groups is 1. The molecule has 0 aromatic heterocycles. The molecule has 0 heterocycles. The van der Waals surface area contributed by atoms with Crippen molar-refractivity contribution in [2.24, 2.45) is 22.8 Å². The number of rotatable bonds is 14. The zero-order valence-corrected chi connectivity index (χ0v) is 19.9. The van der Waals surface area contributed by atoms with Gasteiger partial charge in [-0.25, -0.2) is 4.79 Å². The van der Waals surface area contributed by atoms with Gasteiger partial charge in [-0.1, -0.05) is 26.0 Å². The second-order valence-electron chi connectivity index (χ2n) is 8.92. The number of likely N-dealkylation sites (N-methyl/N-ethyl adjacent to an activating group) is 1. The van der Waals surface area contributed by atoms with Crippen LogP contribution in [0.3, 0.4) is 0 Å². The predicted octanol–water partition coefficient (Wildman–Crippen LogP) is 0.537. The van der Waals surface area contributed by atoms with Crippen LogP contribution in [-0.2, 0) is 6.42 Å². The molecule has 0 aliphatic rings. The molecular weight excluding hydrogens is 408 g/mol. The lowest BCUT2D eigenvalue weighted by Gasteiger charge is -2.33. The van der Waals surface area contributed by atoms with E-state index in [1.807, 2.05) is 40.1 Å². The molecule has 32 heavy (non-hydrogen) atoms. The van der Waals surface area contributed by atoms with Gasteiger partial charge in [0, 0.05) is 49.4 Å². The van der Waals surface area contributed by atoms with Gasteiger partial charge in [-0.2, -0.15) is 0 Å². The maximum absolute atomic E-state index is 12.2. The van der Waals surface area contributed by atoms with Crippen molar-refractivity contribution < 1.29 is 15.0 Å². The van der Waals surface area contributed by atoms with E-state index in [0.29, 0.717) is 38.3 Å². The first-order valence-electron chi connectivity index (χ1n) is 11.1. The van der Waals surface area contributed by atoms with Gasteiger partial charge in [-0.15, -0.1) is 0 Å². The number of hydrogen-bond donors (Lipinski definition) is 7. The Kier molecular flexibility index (Phi) is 11.9. The zero-order valence-electron chi connectivity index (χ0n) is 19.9. The van der Waals surface area contributed by atoms with Crippen LogP contribution in [0.2, 0.25) is 0 Å². The number of carbonyl (C=O) groups excluding carboxylic acids is 1. The minimum absolute atomic E-state index is 0.0362. The van der Waals surface area contributed by atoms with E-state index < -0.39 is 0 Å². The number of amides is 2. The van der Waals surface area contributed by atoms with E-state index in [4.69, 9.17) is 11.5 Å². The molecule has 0 aliphatic carbocycles. The van der Waals surface area contributed by atoms with Crippen LogP contribution in [0.4, 0.5) is 4.79 Å². The molecule has 0 fully saturated rings. The molecule has 2 amide bonds. The van der Waals surface area contributed by atoms with E-state index in [2.05, 4.69) is 20.9 Å². The largest absolute Gasteiger partial charge is 0.508 e. The van der Waals surface area contributed by atoms with Gasteiger partial charge in [0.2, 0.25) is 0 Å². The number of aliphatic hydroxyl groups excluding tert-OH is 1. The highest BCUT2D eigenvalue weighted by Crippen LogP contribution is 2.24. The average Bonchev–Trinajstić information content (AvgIpc) is 2.76. The number of hydrogen-bond acceptors (Lipinski definition) is 7. The van der Waals surface area contributed by atoms with Crippen LogP contribution in [0.1, 0.15) is 25.8 Å². The number of nitrogens with two attached hydrogens (primary N) is 2. The highest BCUT2D eigenvalue weighted by molar-refractivity contribution is 5.73. The molecule has 0 spiro atoms. The molecule has 1 rings (SSSR count). The van der Waals surface area contributed by atoms with Crippen LogP contribution in [0, 0.1) is 11.3 Å². The molecule has 0 saturated heterocycles. The molecule has 9 nitrogen and oxygen atoms in total. The summed E-state index contributed by atoms with van der Waals surface area (Å²) in [6.45, 7) is 6.00. The normalized spacial score (nSPS) is 15.7. The number of nitrogens with one attached hydrogen (secondary N) is 3. The molecule has 182 valence electrons. The Balaban J connectivity index is 2.36. The molecule has 9 heteroatoms. The standard InChI is InChI=1S/C23H42N6O3/c1-17(12-24)23(2,16-30)15-26-13-19(25)9-10-27-22(32)28-14-20(29(3)4)11-18-5-7-21(31)8-6-18/h5-8,13,17,20,26,30-31H,9-12,14-16,24-25H2,1-4H3,(H2,27,28,32)/b19-13-. The minimum atomic E-state index is -0.327. The summed E-state index contributed by atoms with van der Waals surface area (Å²) < 4.78 is 0. The van der Waals surface area contributed by atoms with Crippen molar-refractivity contribution in [1.82, 2.24) is 20.9 Å². The Labute approximate surface area is 192 Å². The van der Waals surface area contributed by atoms with Crippen LogP contribution in [0.5, 0.6) is 5.75 Å². The van der Waals surface area contributed by atoms with Gasteiger partial charge in [0.1, 0.15) is 5.75 Å². The molecule has 0 saturated carbocycles. The van der Waals surface area contributed by atoms with Gasteiger partial charge >= 0.3 is 6.03 Å². The Morgan fingerprint density at radius 3 is 2.47 bits per heavy atom. The topological polar surface area (TPSA) is 149 Å². The summed E-state index contributed by atoms with van der Waals surface area (Å²) >= 11 is 0. The van der Waals surface area contributed by atoms with Crippen LogP contribution >= 0.6 is 0 Å². The van der Waals surface area contributed by atoms with Crippen molar-refractivity contribution in [3.05, 3.63) is 41.7 Å². The number of carbonyl (C=O) groups is 1. The first kappa shape index (κ1) is 27.5. The molecule has 3 atom stereocenters. The molecule has 0 radical (unpaired) electrons. The number of aliphatic hydroxyl groups is 1. The van der Waals surface area contributed by atoms with E-state index in [1.54, 1.807) is 18.3 Å². The minimum Gasteiger partial charge on any atom is -0.508 e. The Bertz CT molecular complexity index is 710. The summed E-state index contributed by atoms with van der Waals surface area (Å²) in [4.78, 5) is 14.2. The van der Waals surface area contributed by atoms with Crippen LogP contribution < -0.4 is 27.4 Å². The van der Waals surface area contributed by atoms with E-state index >= 15 is 0 Å². The number of nitrogens with zero attached hydrogens (tertiary/aromatic N) is 1. The Hall–Kier alpha value is -2.49. The molecular formula is C23H42N6O3. The van der Waals surface area contributed by atoms with Crippen molar-refractivity contribution in [3.8, 4) is 5.75 Å². The molecule has 3 unspecified atom stereocenters. The highest BCUT2D eigenvalue weighted by atomic mass is 16.3. The van der Waals surface area contributed by atoms with E-state index in [-0.39, 0.29) is 35.8 Å². The fourth-order valence-corrected chi connectivity index (χ4v) is 3.09. The van der Waals surface area contributed by atoms with Crippen molar-refractivity contribution in [3.63, 3.8) is 0 Å². The fraction of sp³-hybridized carbons (Fsp3) is 0.609. The van der Waals surface area contributed by atoms with E-state index in [1.165, 1.54) is 0 Å². The second kappa shape index (κ2) is 13.8. The number of aromatic hydroxyl groups is 1. The maximum atomic E-state index is 12.2. The average molecular weight is 451 g/mol. The summed E-state index contributed by atoms with van der Waals surface area (Å²) in [5, 5.41) is 28.0. The highest BCUT2D eigenvalue weighted by Gasteiger charge is 2.29. The van der Waals surface area contributed by atoms with Crippen LogP contribution in [-0.4, -0.2) is 74.1 Å². The van der Waals surface area contributed by atoms with E-state index in [9.17, 15) is 15.0 Å². The lowest BCUT2D eigenvalue weighted by Crippen LogP contribution is -2.45. The summed E-state index contributed by atoms with van der Waals surface area (Å²) in [6, 6.07) is 6.98. The lowest BCUT2D eigenvalue weighted by atomic mass is 9.78. The van der Waals surface area contributed by atoms with Gasteiger partial charge in [0.05, 0.1) is 6.61 Å². The van der Waals surface area contributed by atoms with Gasteiger partial charge in [-0.3, -0.25) is 0 Å². The number of benzene rings is 1. The summed E-state index contributed by atoms with van der Waals surface area (Å²) in [5.74, 6) is 0.406. The van der Waals surface area contributed by atoms with Gasteiger partial charge in [-0.05, 0) is 50.7 Å². The lowest BCUT2D eigenvalue weighted by molar-refractivity contribution is 0.0923. The SMILES string of the molecule is CC(CN)C(C)(CO)CN/C=C(\N)CCNC(=O)NCC(Cc1ccc(O)cc1)N(C)C.